The molecule has 0 spiro atoms. The molecule has 4 fully saturated rings. The number of carbonyl (C=O) groups is 14. The molecule has 0 N–H and O–H groups in total. The van der Waals surface area contributed by atoms with E-state index in [1.165, 1.54) is 0 Å². The first-order valence-electron chi connectivity index (χ1n) is 42.5. The van der Waals surface area contributed by atoms with E-state index in [0.29, 0.717) is 0 Å². The molecule has 0 aliphatic carbocycles. The fraction of sp³-hybridized carbons (Fsp3) is 0.462. The zero-order chi connectivity index (χ0) is 92.5. The van der Waals surface area contributed by atoms with Crippen LogP contribution in [0.2, 0.25) is 5.04 Å². The third-order valence-electron chi connectivity index (χ3n) is 19.8. The number of esters is 13. The summed E-state index contributed by atoms with van der Waals surface area (Å²) in [7, 11) is -3.48. The molecule has 698 valence electrons. The highest BCUT2D eigenvalue weighted by Crippen LogP contribution is 2.38. The molecule has 0 atom stereocenters. The zero-order valence-electron chi connectivity index (χ0n) is 72.2. The van der Waals surface area contributed by atoms with Gasteiger partial charge in [-0.05, 0) is 15.4 Å². The minimum atomic E-state index is -3.48. The van der Waals surface area contributed by atoms with Crippen LogP contribution in [-0.2, 0) is 171 Å². The summed E-state index contributed by atoms with van der Waals surface area (Å²) < 4.78 is 123. The Morgan fingerprint density at radius 3 is 0.631 bits per heavy atom. The lowest BCUT2D eigenvalue weighted by atomic mass is 10.2. The lowest BCUT2D eigenvalue weighted by molar-refractivity contribution is -0.229. The van der Waals surface area contributed by atoms with E-state index in [0.717, 1.165) is 32.6 Å². The van der Waals surface area contributed by atoms with E-state index in [9.17, 15) is 67.1 Å². The first-order valence-corrected chi connectivity index (χ1v) is 44.4. The fourth-order valence-corrected chi connectivity index (χ4v) is 17.7. The van der Waals surface area contributed by atoms with Crippen molar-refractivity contribution in [1.29, 1.82) is 0 Å². The maximum atomic E-state index is 14.1. The van der Waals surface area contributed by atoms with Crippen molar-refractivity contribution in [2.24, 2.45) is 0 Å². The molecule has 0 amide bonds. The quantitative estimate of drug-likeness (QED) is 0.0197. The Morgan fingerprint density at radius 1 is 0.254 bits per heavy atom. The summed E-state index contributed by atoms with van der Waals surface area (Å²) in [6.07, 6.45) is -18.6. The Kier molecular flexibility index (Phi) is 40.3. The Labute approximate surface area is 750 Å². The molecule has 36 nitrogen and oxygen atoms in total. The van der Waals surface area contributed by atoms with Crippen molar-refractivity contribution in [1.82, 2.24) is 0 Å². The maximum absolute atomic E-state index is 14.1. The van der Waals surface area contributed by atoms with Crippen molar-refractivity contribution in [2.75, 3.05) is 92.5 Å². The number of hydrogen-bond donors (Lipinski definition) is 0. The zero-order valence-corrected chi connectivity index (χ0v) is 73.2. The van der Waals surface area contributed by atoms with Crippen LogP contribution >= 0.6 is 0 Å². The molecule has 4 aliphatic heterocycles. The minimum Gasteiger partial charge on any atom is -0.510 e. The van der Waals surface area contributed by atoms with Crippen LogP contribution < -0.4 is 10.4 Å². The van der Waals surface area contributed by atoms with Gasteiger partial charge in [0.15, 0.2) is 43.5 Å². The lowest BCUT2D eigenvalue weighted by Gasteiger charge is -2.42. The van der Waals surface area contributed by atoms with Crippen molar-refractivity contribution >= 4 is 102 Å². The second kappa shape index (κ2) is 52.5. The molecular formula is C93H106O36Si. The predicted octanol–water partition coefficient (Wildman–Crippen LogP) is 8.18. The monoisotopic (exact) mass is 1830 g/mol. The van der Waals surface area contributed by atoms with Crippen LogP contribution in [0, 0.1) is 0 Å². The Balaban J connectivity index is 0.732. The van der Waals surface area contributed by atoms with Gasteiger partial charge in [-0.25, -0.2) is 0 Å². The van der Waals surface area contributed by atoms with E-state index < -0.39 is 294 Å². The molecule has 37 heteroatoms. The normalized spacial score (nSPS) is 19.2. The third-order valence-corrected chi connectivity index (χ3v) is 24.8. The van der Waals surface area contributed by atoms with E-state index in [1.807, 2.05) is 203 Å². The fourth-order valence-electron chi connectivity index (χ4n) is 13.3. The molecule has 4 aliphatic rings. The van der Waals surface area contributed by atoms with Gasteiger partial charge < -0.3 is 104 Å². The van der Waals surface area contributed by atoms with Gasteiger partial charge in [-0.1, -0.05) is 203 Å². The van der Waals surface area contributed by atoms with Crippen molar-refractivity contribution < 1.29 is 171 Å². The highest BCUT2D eigenvalue weighted by atomic mass is 28.4. The Bertz CT molecular complexity index is 4170. The minimum absolute atomic E-state index is 0.00328. The van der Waals surface area contributed by atoms with E-state index in [1.54, 1.807) is 0 Å². The van der Waals surface area contributed by atoms with Gasteiger partial charge in [0.05, 0.1) is 143 Å². The van der Waals surface area contributed by atoms with Crippen molar-refractivity contribution in [3.63, 3.8) is 0 Å². The highest BCUT2D eigenvalue weighted by Gasteiger charge is 2.53. The molecule has 0 radical (unpaired) electrons. The van der Waals surface area contributed by atoms with E-state index in [2.05, 4.69) is 0 Å². The SMILES string of the molecule is CC(C)(C)[Si](OC(=O)CCC(=O)OC(COC(=O)CCC(=O)OC(COC(=O)CCC(=O)OC1COC(c2ccccc2)OC1)COC(=O)CCC(=O)OC1COC(c2ccccc2)OC1)COC(=O)CCC(=O)OC(COC(=O)CCC(=O)OC1COC(c2ccccc2)OC1)COC(=O)CCC(=O)OC1COC(c2ccccc2)OC1)(c1ccccc1)c1ccccc1. The Hall–Kier alpha value is -12.2. The second-order valence-electron chi connectivity index (χ2n) is 31.2. The van der Waals surface area contributed by atoms with Crippen LogP contribution in [0.15, 0.2) is 182 Å². The summed E-state index contributed by atoms with van der Waals surface area (Å²) in [4.78, 5) is 186. The van der Waals surface area contributed by atoms with E-state index in [-0.39, 0.29) is 52.9 Å². The molecule has 6 aromatic rings. The van der Waals surface area contributed by atoms with Gasteiger partial charge in [0.2, 0.25) is 0 Å². The summed E-state index contributed by atoms with van der Waals surface area (Å²) in [6, 6.07) is 54.7. The van der Waals surface area contributed by atoms with Crippen LogP contribution in [0.5, 0.6) is 0 Å². The summed E-state index contributed by atoms with van der Waals surface area (Å²) in [5, 5.41) is 0.877. The summed E-state index contributed by atoms with van der Waals surface area (Å²) in [5.41, 5.74) is 3.03. The van der Waals surface area contributed by atoms with Crippen LogP contribution in [0.4, 0.5) is 0 Å². The predicted molar refractivity (Wildman–Crippen MR) is 448 cm³/mol. The molecule has 0 saturated carbocycles. The van der Waals surface area contributed by atoms with E-state index >= 15 is 0 Å². The van der Waals surface area contributed by atoms with Crippen molar-refractivity contribution in [2.45, 2.75) is 184 Å². The largest absolute Gasteiger partial charge is 0.510 e. The van der Waals surface area contributed by atoms with Gasteiger partial charge in [0.25, 0.3) is 5.97 Å². The molecule has 4 saturated heterocycles. The average Bonchev–Trinajstić information content (AvgIpc) is 0.742. The van der Waals surface area contributed by atoms with Crippen molar-refractivity contribution in [3.05, 3.63) is 204 Å². The third kappa shape index (κ3) is 34.3. The van der Waals surface area contributed by atoms with E-state index in [4.69, 9.17) is 104 Å². The number of rotatable bonds is 47. The number of ether oxygens (including phenoxy) is 21. The van der Waals surface area contributed by atoms with Gasteiger partial charge in [-0.2, -0.15) is 0 Å². The number of benzene rings is 6. The molecule has 0 aromatic heterocycles. The number of carbonyl (C=O) groups excluding carboxylic acids is 14. The smallest absolute Gasteiger partial charge is 0.323 e. The van der Waals surface area contributed by atoms with Crippen LogP contribution in [-0.4, -0.2) is 227 Å². The molecule has 0 unspecified atom stereocenters. The topological polar surface area (TPSA) is 442 Å². The number of hydrogen-bond acceptors (Lipinski definition) is 36. The standard InChI is InChI=1S/C93H106O36Si/c1-93(2,3)130(73-30-18-8-19-31-73,74-32-20-9-21-33-74)129-88(107)47-46-87(106)124-68(52-112-75(94)34-40-81(100)122-66(48-108-77(96)36-42-83(102)125-69-54-114-89(115-55-69)62-22-10-4-11-23-62)49-109-78(97)37-43-84(103)126-70-56-116-90(117-57-70)63-24-12-5-13-25-63)53-113-76(95)35-41-82(101)123-67(50-110-79(98)38-44-85(104)127-71-58-118-91(119-59-71)64-26-14-6-15-27-64)51-111-80(99)39-45-86(105)128-72-60-120-92(121-61-72)65-28-16-7-17-29-65/h4-33,66-72,89-92H,34-61H2,1-3H3. The second-order valence-corrected chi connectivity index (χ2v) is 35.4. The molecule has 0 bridgehead atoms. The Morgan fingerprint density at radius 2 is 0.431 bits per heavy atom. The highest BCUT2D eigenvalue weighted by molar-refractivity contribution is 7.00. The van der Waals surface area contributed by atoms with Crippen LogP contribution in [0.25, 0.3) is 0 Å². The lowest BCUT2D eigenvalue weighted by Crippen LogP contribution is -2.67. The van der Waals surface area contributed by atoms with Gasteiger partial charge in [0.1, 0.15) is 64.1 Å². The van der Waals surface area contributed by atoms with Gasteiger partial charge in [-0.15, -0.1) is 0 Å². The van der Waals surface area contributed by atoms with Crippen LogP contribution in [0.1, 0.15) is 158 Å². The first kappa shape index (κ1) is 99.9. The molecule has 6 aromatic carbocycles. The van der Waals surface area contributed by atoms with Gasteiger partial charge >= 0.3 is 85.9 Å². The molecule has 4 heterocycles. The maximum Gasteiger partial charge on any atom is 0.323 e. The molecule has 10 rings (SSSR count). The van der Waals surface area contributed by atoms with Gasteiger partial charge in [-0.3, -0.25) is 67.1 Å². The molecule has 130 heavy (non-hydrogen) atoms. The van der Waals surface area contributed by atoms with Crippen molar-refractivity contribution in [3.8, 4) is 0 Å². The molecular weight excluding hydrogens is 1720 g/mol. The van der Waals surface area contributed by atoms with Crippen LogP contribution in [0.3, 0.4) is 0 Å². The first-order chi connectivity index (χ1) is 62.8. The average molecular weight is 1830 g/mol. The summed E-state index contributed by atoms with van der Waals surface area (Å²) in [6.45, 7) is 1.13. The van der Waals surface area contributed by atoms with Gasteiger partial charge in [0, 0.05) is 22.3 Å². The summed E-state index contributed by atoms with van der Waals surface area (Å²) in [5.74, 6) is -13.3. The summed E-state index contributed by atoms with van der Waals surface area (Å²) >= 11 is 0.